The zero-order chi connectivity index (χ0) is 13.9. The number of ether oxygens (including phenoxy) is 1. The number of hydrogen-bond acceptors (Lipinski definition) is 2. The van der Waals surface area contributed by atoms with Crippen molar-refractivity contribution in [3.8, 4) is 5.75 Å². The summed E-state index contributed by atoms with van der Waals surface area (Å²) in [4.78, 5) is 10.4. The molecule has 7 heteroatoms. The van der Waals surface area contributed by atoms with Crippen LogP contribution in [0.5, 0.6) is 5.75 Å². The molecule has 0 aliphatic heterocycles. The fourth-order valence-electron chi connectivity index (χ4n) is 1.02. The fourth-order valence-corrected chi connectivity index (χ4v) is 1.02. The number of benzene rings is 1. The summed E-state index contributed by atoms with van der Waals surface area (Å²) in [5.41, 5.74) is -0.132. The van der Waals surface area contributed by atoms with E-state index in [0.29, 0.717) is 0 Å². The Balaban J connectivity index is 2.92. The summed E-state index contributed by atoms with van der Waals surface area (Å²) in [5, 5.41) is 8.48. The summed E-state index contributed by atoms with van der Waals surface area (Å²) in [5.74, 6) is -9.00. The van der Waals surface area contributed by atoms with Crippen LogP contribution < -0.4 is 4.74 Å². The lowest BCUT2D eigenvalue weighted by Gasteiger charge is -2.07. The van der Waals surface area contributed by atoms with Crippen LogP contribution >= 0.6 is 0 Å². The molecule has 1 N–H and O–H groups in total. The molecule has 0 aliphatic rings. The van der Waals surface area contributed by atoms with Gasteiger partial charge in [0.1, 0.15) is 6.61 Å². The summed E-state index contributed by atoms with van der Waals surface area (Å²) in [6.07, 6.45) is 1.00. The maximum absolute atomic E-state index is 13.1. The van der Waals surface area contributed by atoms with Crippen molar-refractivity contribution in [2.24, 2.45) is 0 Å². The second-order valence-electron chi connectivity index (χ2n) is 3.30. The van der Waals surface area contributed by atoms with Gasteiger partial charge in [-0.3, -0.25) is 0 Å². The van der Waals surface area contributed by atoms with Crippen molar-refractivity contribution < 1.29 is 32.2 Å². The van der Waals surface area contributed by atoms with Crippen LogP contribution in [0, 0.1) is 23.3 Å². The molecule has 98 valence electrons. The highest BCUT2D eigenvalue weighted by atomic mass is 19.2. The van der Waals surface area contributed by atoms with E-state index in [-0.39, 0.29) is 11.6 Å². The highest BCUT2D eigenvalue weighted by Crippen LogP contribution is 2.26. The third-order valence-electron chi connectivity index (χ3n) is 2.03. The Morgan fingerprint density at radius 2 is 1.78 bits per heavy atom. The highest BCUT2D eigenvalue weighted by molar-refractivity contribution is 5.85. The molecular weight excluding hydrogens is 256 g/mol. The van der Waals surface area contributed by atoms with Gasteiger partial charge >= 0.3 is 5.97 Å². The van der Waals surface area contributed by atoms with Crippen LogP contribution in [0.15, 0.2) is 17.7 Å². The maximum atomic E-state index is 13.1. The SMILES string of the molecule is C/C(=C/COc1c(F)c(F)cc(F)c1F)C(=O)O. The standard InChI is InChI=1S/C11H8F4O3/c1-5(11(16)17)2-3-18-10-8(14)6(12)4-7(13)9(10)15/h2,4H,3H2,1H3,(H,16,17)/b5-2-. The van der Waals surface area contributed by atoms with Gasteiger partial charge in [0.05, 0.1) is 0 Å². The summed E-state index contributed by atoms with van der Waals surface area (Å²) >= 11 is 0. The second kappa shape index (κ2) is 5.52. The van der Waals surface area contributed by atoms with Crippen molar-refractivity contribution in [2.45, 2.75) is 6.92 Å². The quantitative estimate of drug-likeness (QED) is 0.516. The lowest BCUT2D eigenvalue weighted by molar-refractivity contribution is -0.132. The summed E-state index contributed by atoms with van der Waals surface area (Å²) in [6, 6.07) is 0.0515. The van der Waals surface area contributed by atoms with Crippen LogP contribution in [0.2, 0.25) is 0 Å². The molecule has 0 atom stereocenters. The van der Waals surface area contributed by atoms with Gasteiger partial charge < -0.3 is 9.84 Å². The first-order valence-corrected chi connectivity index (χ1v) is 4.70. The Morgan fingerprint density at radius 1 is 1.28 bits per heavy atom. The van der Waals surface area contributed by atoms with Gasteiger partial charge in [-0.15, -0.1) is 0 Å². The highest BCUT2D eigenvalue weighted by Gasteiger charge is 2.20. The van der Waals surface area contributed by atoms with E-state index in [1.54, 1.807) is 0 Å². The first-order valence-electron chi connectivity index (χ1n) is 4.70. The predicted octanol–water partition coefficient (Wildman–Crippen LogP) is 2.65. The van der Waals surface area contributed by atoms with E-state index in [1.165, 1.54) is 6.92 Å². The van der Waals surface area contributed by atoms with Gasteiger partial charge in [0.25, 0.3) is 0 Å². The van der Waals surface area contributed by atoms with Crippen molar-refractivity contribution in [3.63, 3.8) is 0 Å². The van der Waals surface area contributed by atoms with Crippen molar-refractivity contribution in [2.75, 3.05) is 6.61 Å². The Labute approximate surface area is 99.3 Å². The van der Waals surface area contributed by atoms with Crippen LogP contribution in [0.25, 0.3) is 0 Å². The van der Waals surface area contributed by atoms with Gasteiger partial charge in [0, 0.05) is 11.6 Å². The van der Waals surface area contributed by atoms with Crippen LogP contribution in [0.1, 0.15) is 6.92 Å². The minimum atomic E-state index is -1.67. The van der Waals surface area contributed by atoms with Crippen LogP contribution in [0.4, 0.5) is 17.6 Å². The average molecular weight is 264 g/mol. The van der Waals surface area contributed by atoms with E-state index >= 15 is 0 Å². The summed E-state index contributed by atoms with van der Waals surface area (Å²) in [7, 11) is 0. The summed E-state index contributed by atoms with van der Waals surface area (Å²) in [6.45, 7) is 0.694. The minimum absolute atomic E-state index is 0.0515. The van der Waals surface area contributed by atoms with E-state index in [2.05, 4.69) is 4.74 Å². The number of carboxylic acid groups (broad SMARTS) is 1. The normalized spacial score (nSPS) is 11.5. The molecule has 1 aromatic carbocycles. The molecule has 0 aromatic heterocycles. The predicted molar refractivity (Wildman–Crippen MR) is 53.2 cm³/mol. The van der Waals surface area contributed by atoms with Crippen LogP contribution in [0.3, 0.4) is 0 Å². The van der Waals surface area contributed by atoms with E-state index in [9.17, 15) is 22.4 Å². The molecule has 0 unspecified atom stereocenters. The largest absolute Gasteiger partial charge is 0.483 e. The maximum Gasteiger partial charge on any atom is 0.331 e. The molecule has 0 fully saturated rings. The van der Waals surface area contributed by atoms with E-state index in [4.69, 9.17) is 5.11 Å². The average Bonchev–Trinajstić information content (AvgIpc) is 2.30. The number of carbonyl (C=O) groups is 1. The van der Waals surface area contributed by atoms with E-state index < -0.39 is 41.6 Å². The molecule has 0 radical (unpaired) electrons. The van der Waals surface area contributed by atoms with Crippen molar-refractivity contribution in [1.82, 2.24) is 0 Å². The molecule has 0 aliphatic carbocycles. The van der Waals surface area contributed by atoms with Crippen molar-refractivity contribution >= 4 is 5.97 Å². The van der Waals surface area contributed by atoms with E-state index in [0.717, 1.165) is 6.08 Å². The Hall–Kier alpha value is -2.05. The zero-order valence-corrected chi connectivity index (χ0v) is 9.14. The molecule has 3 nitrogen and oxygen atoms in total. The molecule has 0 bridgehead atoms. The molecule has 1 aromatic rings. The molecule has 0 spiro atoms. The molecule has 0 saturated carbocycles. The first kappa shape index (κ1) is 14.0. The van der Waals surface area contributed by atoms with Gasteiger partial charge in [0.2, 0.25) is 11.6 Å². The minimum Gasteiger partial charge on any atom is -0.483 e. The third kappa shape index (κ3) is 2.99. The fraction of sp³-hybridized carbons (Fsp3) is 0.182. The first-order chi connectivity index (χ1) is 8.34. The van der Waals surface area contributed by atoms with Gasteiger partial charge in [-0.2, -0.15) is 8.78 Å². The zero-order valence-electron chi connectivity index (χ0n) is 9.14. The Kier molecular flexibility index (Phi) is 4.30. The monoisotopic (exact) mass is 264 g/mol. The second-order valence-corrected chi connectivity index (χ2v) is 3.30. The Bertz CT molecular complexity index is 485. The van der Waals surface area contributed by atoms with Gasteiger partial charge in [-0.05, 0) is 13.0 Å². The van der Waals surface area contributed by atoms with Gasteiger partial charge in [0.15, 0.2) is 17.4 Å². The van der Waals surface area contributed by atoms with Gasteiger partial charge in [-0.25, -0.2) is 13.6 Å². The topological polar surface area (TPSA) is 46.5 Å². The van der Waals surface area contributed by atoms with Crippen molar-refractivity contribution in [1.29, 1.82) is 0 Å². The Morgan fingerprint density at radius 3 is 2.22 bits per heavy atom. The molecule has 1 rings (SSSR count). The lowest BCUT2D eigenvalue weighted by atomic mass is 10.3. The van der Waals surface area contributed by atoms with Gasteiger partial charge in [-0.1, -0.05) is 0 Å². The molecule has 0 amide bonds. The number of halogens is 4. The number of hydrogen-bond donors (Lipinski definition) is 1. The number of aliphatic carboxylic acids is 1. The molecule has 18 heavy (non-hydrogen) atoms. The molecular formula is C11H8F4O3. The lowest BCUT2D eigenvalue weighted by Crippen LogP contribution is -2.05. The number of rotatable bonds is 4. The molecule has 0 heterocycles. The number of carboxylic acids is 1. The smallest absolute Gasteiger partial charge is 0.331 e. The van der Waals surface area contributed by atoms with Crippen molar-refractivity contribution in [3.05, 3.63) is 41.0 Å². The van der Waals surface area contributed by atoms with Crippen LogP contribution in [-0.2, 0) is 4.79 Å². The van der Waals surface area contributed by atoms with Crippen LogP contribution in [-0.4, -0.2) is 17.7 Å². The third-order valence-corrected chi connectivity index (χ3v) is 2.03. The molecule has 0 saturated heterocycles. The summed E-state index contributed by atoms with van der Waals surface area (Å²) < 4.78 is 56.2. The van der Waals surface area contributed by atoms with E-state index in [1.807, 2.05) is 0 Å².